The highest BCUT2D eigenvalue weighted by molar-refractivity contribution is 7.98. The molecule has 0 radical (unpaired) electrons. The van der Waals surface area contributed by atoms with Gasteiger partial charge in [-0.15, -0.1) is 0 Å². The van der Waals surface area contributed by atoms with Gasteiger partial charge in [0.15, 0.2) is 5.16 Å². The number of aliphatic hydroxyl groups excluding tert-OH is 1. The van der Waals surface area contributed by atoms with Crippen LogP contribution in [0.2, 0.25) is 0 Å². The summed E-state index contributed by atoms with van der Waals surface area (Å²) in [5.41, 5.74) is 1.33. The van der Waals surface area contributed by atoms with Gasteiger partial charge in [0.25, 0.3) is 0 Å². The number of rotatable bonds is 5. The number of anilines is 3. The van der Waals surface area contributed by atoms with E-state index < -0.39 is 11.7 Å². The Bertz CT molecular complexity index is 747. The van der Waals surface area contributed by atoms with Crippen LogP contribution in [0.5, 0.6) is 0 Å². The third-order valence-corrected chi connectivity index (χ3v) is 3.53. The highest BCUT2D eigenvalue weighted by Crippen LogP contribution is 2.23. The predicted molar refractivity (Wildman–Crippen MR) is 99.3 cm³/mol. The minimum absolute atomic E-state index is 0.174. The van der Waals surface area contributed by atoms with Gasteiger partial charge in [0.2, 0.25) is 0 Å². The lowest BCUT2D eigenvalue weighted by Crippen LogP contribution is -2.27. The molecule has 3 N–H and O–H groups in total. The van der Waals surface area contributed by atoms with Crippen LogP contribution in [0.15, 0.2) is 35.6 Å². The molecule has 7 nitrogen and oxygen atoms in total. The van der Waals surface area contributed by atoms with Crippen LogP contribution in [0.4, 0.5) is 22.0 Å². The zero-order valence-corrected chi connectivity index (χ0v) is 15.5. The van der Waals surface area contributed by atoms with Crippen LogP contribution in [0.25, 0.3) is 0 Å². The van der Waals surface area contributed by atoms with Crippen molar-refractivity contribution in [2.75, 3.05) is 16.9 Å². The first-order chi connectivity index (χ1) is 11.8. The molecule has 1 aromatic heterocycles. The lowest BCUT2D eigenvalue weighted by Gasteiger charge is -2.19. The largest absolute Gasteiger partial charge is 0.444 e. The van der Waals surface area contributed by atoms with Gasteiger partial charge in [-0.05, 0) is 45.2 Å². The molecule has 0 bridgehead atoms. The average molecular weight is 362 g/mol. The Morgan fingerprint density at radius 3 is 2.68 bits per heavy atom. The molecule has 8 heteroatoms. The monoisotopic (exact) mass is 362 g/mol. The van der Waals surface area contributed by atoms with Crippen LogP contribution in [0.3, 0.4) is 0 Å². The van der Waals surface area contributed by atoms with Gasteiger partial charge in [-0.3, -0.25) is 5.32 Å². The Balaban J connectivity index is 2.15. The van der Waals surface area contributed by atoms with Crippen molar-refractivity contribution >= 4 is 35.0 Å². The maximum atomic E-state index is 11.9. The number of amides is 1. The maximum Gasteiger partial charge on any atom is 0.412 e. The van der Waals surface area contributed by atoms with E-state index in [1.807, 2.05) is 12.3 Å². The van der Waals surface area contributed by atoms with E-state index >= 15 is 0 Å². The number of aliphatic hydroxyl groups is 1. The quantitative estimate of drug-likeness (QED) is 0.550. The van der Waals surface area contributed by atoms with E-state index in [9.17, 15) is 9.90 Å². The van der Waals surface area contributed by atoms with Gasteiger partial charge in [-0.2, -0.15) is 0 Å². The standard InChI is InChI=1S/C17H22N4O3S/c1-17(2,3)24-16(23)20-13-7-5-6-12(8-13)19-14-11(10-22)9-18-15(21-14)25-4/h5-9,22H,10H2,1-4H3,(H,20,23)(H,18,19,21). The predicted octanol–water partition coefficient (Wildman–Crippen LogP) is 3.78. The first-order valence-electron chi connectivity index (χ1n) is 7.68. The minimum Gasteiger partial charge on any atom is -0.444 e. The molecule has 1 heterocycles. The van der Waals surface area contributed by atoms with Crippen LogP contribution in [-0.4, -0.2) is 33.0 Å². The Morgan fingerprint density at radius 1 is 1.32 bits per heavy atom. The second-order valence-corrected chi connectivity index (χ2v) is 6.99. The van der Waals surface area contributed by atoms with Crippen molar-refractivity contribution in [3.8, 4) is 0 Å². The summed E-state index contributed by atoms with van der Waals surface area (Å²) in [6.07, 6.45) is 2.94. The summed E-state index contributed by atoms with van der Waals surface area (Å²) in [6, 6.07) is 7.15. The number of nitrogens with one attached hydrogen (secondary N) is 2. The summed E-state index contributed by atoms with van der Waals surface area (Å²) < 4.78 is 5.24. The van der Waals surface area contributed by atoms with Gasteiger partial charge in [-0.1, -0.05) is 17.8 Å². The fourth-order valence-electron chi connectivity index (χ4n) is 1.95. The molecule has 0 aliphatic heterocycles. The SMILES string of the molecule is CSc1ncc(CO)c(Nc2cccc(NC(=O)OC(C)(C)C)c2)n1. The molecular formula is C17H22N4O3S. The Morgan fingerprint density at radius 2 is 2.04 bits per heavy atom. The first-order valence-corrected chi connectivity index (χ1v) is 8.91. The second-order valence-electron chi connectivity index (χ2n) is 6.22. The number of benzene rings is 1. The molecule has 0 spiro atoms. The maximum absolute atomic E-state index is 11.9. The fourth-order valence-corrected chi connectivity index (χ4v) is 2.29. The van der Waals surface area contributed by atoms with Crippen LogP contribution >= 0.6 is 11.8 Å². The van der Waals surface area contributed by atoms with Crippen LogP contribution in [0, 0.1) is 0 Å². The van der Waals surface area contributed by atoms with Gasteiger partial charge in [0.05, 0.1) is 6.61 Å². The molecule has 0 fully saturated rings. The van der Waals surface area contributed by atoms with Crippen LogP contribution in [-0.2, 0) is 11.3 Å². The van der Waals surface area contributed by atoms with E-state index in [1.165, 1.54) is 11.8 Å². The molecule has 2 rings (SSSR count). The normalized spacial score (nSPS) is 11.1. The summed E-state index contributed by atoms with van der Waals surface area (Å²) in [5.74, 6) is 0.524. The Kier molecular flexibility index (Phi) is 6.22. The first kappa shape index (κ1) is 19.0. The molecule has 0 atom stereocenters. The zero-order chi connectivity index (χ0) is 18.4. The van der Waals surface area contributed by atoms with Crippen LogP contribution in [0.1, 0.15) is 26.3 Å². The van der Waals surface area contributed by atoms with Crippen molar-refractivity contribution in [1.82, 2.24) is 9.97 Å². The highest BCUT2D eigenvalue weighted by atomic mass is 32.2. The number of nitrogens with zero attached hydrogens (tertiary/aromatic N) is 2. The van der Waals surface area contributed by atoms with Crippen molar-refractivity contribution in [2.24, 2.45) is 0 Å². The third-order valence-electron chi connectivity index (χ3n) is 2.97. The second kappa shape index (κ2) is 8.17. The van der Waals surface area contributed by atoms with E-state index in [0.717, 1.165) is 0 Å². The number of hydrogen-bond donors (Lipinski definition) is 3. The Labute approximate surface area is 151 Å². The molecule has 0 saturated heterocycles. The smallest absolute Gasteiger partial charge is 0.412 e. The lowest BCUT2D eigenvalue weighted by molar-refractivity contribution is 0.0636. The number of ether oxygens (including phenoxy) is 1. The third kappa shape index (κ3) is 5.91. The highest BCUT2D eigenvalue weighted by Gasteiger charge is 2.16. The van der Waals surface area contributed by atoms with E-state index in [2.05, 4.69) is 20.6 Å². The summed E-state index contributed by atoms with van der Waals surface area (Å²) in [7, 11) is 0. The number of aromatic nitrogens is 2. The number of thioether (sulfide) groups is 1. The topological polar surface area (TPSA) is 96.4 Å². The molecule has 1 amide bonds. The zero-order valence-electron chi connectivity index (χ0n) is 14.7. The number of carbonyl (C=O) groups is 1. The minimum atomic E-state index is -0.564. The van der Waals surface area contributed by atoms with E-state index in [1.54, 1.807) is 45.2 Å². The van der Waals surface area contributed by atoms with Crippen molar-refractivity contribution in [3.05, 3.63) is 36.0 Å². The summed E-state index contributed by atoms with van der Waals surface area (Å²) in [6.45, 7) is 5.24. The van der Waals surface area contributed by atoms with Crippen molar-refractivity contribution in [2.45, 2.75) is 38.1 Å². The average Bonchev–Trinajstić information content (AvgIpc) is 2.53. The summed E-state index contributed by atoms with van der Waals surface area (Å²) >= 11 is 1.41. The molecule has 0 aliphatic rings. The van der Waals surface area contributed by atoms with Gasteiger partial charge >= 0.3 is 6.09 Å². The summed E-state index contributed by atoms with van der Waals surface area (Å²) in [4.78, 5) is 20.4. The fraction of sp³-hybridized carbons (Fsp3) is 0.353. The van der Waals surface area contributed by atoms with Gasteiger partial charge in [0.1, 0.15) is 11.4 Å². The number of hydrogen-bond acceptors (Lipinski definition) is 7. The van der Waals surface area contributed by atoms with Crippen molar-refractivity contribution in [3.63, 3.8) is 0 Å². The molecule has 1 aromatic carbocycles. The Hall–Kier alpha value is -2.32. The molecule has 134 valence electrons. The molecular weight excluding hydrogens is 340 g/mol. The van der Waals surface area contributed by atoms with Crippen LogP contribution < -0.4 is 10.6 Å². The number of carbonyl (C=O) groups excluding carboxylic acids is 1. The molecule has 0 saturated carbocycles. The molecule has 0 unspecified atom stereocenters. The van der Waals surface area contributed by atoms with Crippen molar-refractivity contribution < 1.29 is 14.6 Å². The van der Waals surface area contributed by atoms with E-state index in [4.69, 9.17) is 4.74 Å². The van der Waals surface area contributed by atoms with Gasteiger partial charge in [0, 0.05) is 23.1 Å². The van der Waals surface area contributed by atoms with E-state index in [0.29, 0.717) is 27.9 Å². The summed E-state index contributed by atoms with van der Waals surface area (Å²) in [5, 5.41) is 15.9. The molecule has 25 heavy (non-hydrogen) atoms. The molecule has 2 aromatic rings. The van der Waals surface area contributed by atoms with Crippen molar-refractivity contribution in [1.29, 1.82) is 0 Å². The van der Waals surface area contributed by atoms with Gasteiger partial charge in [-0.25, -0.2) is 14.8 Å². The lowest BCUT2D eigenvalue weighted by atomic mass is 10.2. The van der Waals surface area contributed by atoms with E-state index in [-0.39, 0.29) is 6.61 Å². The van der Waals surface area contributed by atoms with Gasteiger partial charge < -0.3 is 15.2 Å². The molecule has 0 aliphatic carbocycles.